The molecule has 2 aromatic rings. The quantitative estimate of drug-likeness (QED) is 0.586. The minimum Gasteiger partial charge on any atom is -0.0683 e. The molecule has 0 radical (unpaired) electrons. The lowest BCUT2D eigenvalue weighted by Gasteiger charge is -2.02. The molecule has 0 aliphatic heterocycles. The Morgan fingerprint density at radius 3 is 1.47 bits per heavy atom. The lowest BCUT2D eigenvalue weighted by atomic mass is 10.0. The van der Waals surface area contributed by atoms with Crippen LogP contribution < -0.4 is 0 Å². The van der Waals surface area contributed by atoms with E-state index in [0.717, 1.165) is 6.42 Å². The van der Waals surface area contributed by atoms with Gasteiger partial charge in [-0.15, -0.1) is 0 Å². The Balaban J connectivity index is 0.000000573. The fourth-order valence-corrected chi connectivity index (χ4v) is 1.56. The topological polar surface area (TPSA) is 0 Å². The first-order valence-corrected chi connectivity index (χ1v) is 7.46. The van der Waals surface area contributed by atoms with Gasteiger partial charge in [0.05, 0.1) is 0 Å². The second-order valence-electron chi connectivity index (χ2n) is 4.12. The van der Waals surface area contributed by atoms with Gasteiger partial charge >= 0.3 is 0 Å². The molecule has 0 amide bonds. The Kier molecular flexibility index (Phi) is 10.6. The van der Waals surface area contributed by atoms with Crippen LogP contribution in [0.15, 0.2) is 54.6 Å². The maximum Gasteiger partial charge on any atom is -0.0184 e. The van der Waals surface area contributed by atoms with Crippen LogP contribution in [-0.2, 0) is 6.42 Å². The van der Waals surface area contributed by atoms with Gasteiger partial charge < -0.3 is 0 Å². The molecule has 19 heavy (non-hydrogen) atoms. The van der Waals surface area contributed by atoms with Crippen molar-refractivity contribution in [2.75, 3.05) is 0 Å². The minimum absolute atomic E-state index is 1.11. The second-order valence-corrected chi connectivity index (χ2v) is 4.12. The number of hydrogen-bond acceptors (Lipinski definition) is 0. The maximum atomic E-state index is 2.20. The molecule has 0 aliphatic rings. The van der Waals surface area contributed by atoms with Crippen molar-refractivity contribution in [3.8, 4) is 11.1 Å². The average Bonchev–Trinajstić information content (AvgIpc) is 2.51. The zero-order valence-corrected chi connectivity index (χ0v) is 13.1. The molecular formula is C19H28. The van der Waals surface area contributed by atoms with Crippen molar-refractivity contribution in [3.05, 3.63) is 60.2 Å². The minimum atomic E-state index is 1.11. The van der Waals surface area contributed by atoms with E-state index in [2.05, 4.69) is 69.3 Å². The molecule has 0 aromatic heterocycles. The molecule has 0 N–H and O–H groups in total. The molecule has 0 aliphatic carbocycles. The number of aryl methyl sites for hydroxylation is 1. The van der Waals surface area contributed by atoms with E-state index in [4.69, 9.17) is 0 Å². The van der Waals surface area contributed by atoms with Crippen LogP contribution >= 0.6 is 0 Å². The predicted octanol–water partition coefficient (Wildman–Crippen LogP) is 6.36. The fraction of sp³-hybridized carbons (Fsp3) is 0.368. The van der Waals surface area contributed by atoms with Gasteiger partial charge in [-0.3, -0.25) is 0 Å². The van der Waals surface area contributed by atoms with Crippen molar-refractivity contribution < 1.29 is 0 Å². The first-order chi connectivity index (χ1) is 9.31. The van der Waals surface area contributed by atoms with Crippen LogP contribution in [0.3, 0.4) is 0 Å². The van der Waals surface area contributed by atoms with Crippen molar-refractivity contribution >= 4 is 0 Å². The van der Waals surface area contributed by atoms with Gasteiger partial charge in [-0.1, -0.05) is 95.6 Å². The Morgan fingerprint density at radius 1 is 0.632 bits per heavy atom. The first-order valence-electron chi connectivity index (χ1n) is 7.46. The van der Waals surface area contributed by atoms with Crippen LogP contribution in [0.5, 0.6) is 0 Å². The largest absolute Gasteiger partial charge is 0.0683 e. The summed E-state index contributed by atoms with van der Waals surface area (Å²) >= 11 is 0. The van der Waals surface area contributed by atoms with Crippen LogP contribution in [0.2, 0.25) is 0 Å². The zero-order valence-electron chi connectivity index (χ0n) is 13.1. The van der Waals surface area contributed by atoms with Crippen molar-refractivity contribution in [1.82, 2.24) is 0 Å². The summed E-state index contributed by atoms with van der Waals surface area (Å²) in [5.41, 5.74) is 3.97. The van der Waals surface area contributed by atoms with Gasteiger partial charge in [0.15, 0.2) is 0 Å². The standard InChI is InChI=1S/C14H14.C3H8.C2H6/c1-2-12-8-10-14(11-9-12)13-6-4-3-5-7-13;1-3-2;1-2/h3-11H,2H2,1H3;3H2,1-2H3;1-2H3. The molecule has 0 spiro atoms. The van der Waals surface area contributed by atoms with Gasteiger partial charge in [-0.05, 0) is 23.1 Å². The molecule has 104 valence electrons. The van der Waals surface area contributed by atoms with E-state index < -0.39 is 0 Å². The van der Waals surface area contributed by atoms with Crippen LogP contribution in [0.25, 0.3) is 11.1 Å². The van der Waals surface area contributed by atoms with E-state index in [9.17, 15) is 0 Å². The van der Waals surface area contributed by atoms with Gasteiger partial charge in [0.1, 0.15) is 0 Å². The second kappa shape index (κ2) is 11.5. The summed E-state index contributed by atoms with van der Waals surface area (Å²) in [4.78, 5) is 0. The lowest BCUT2D eigenvalue weighted by molar-refractivity contribution is 1.09. The van der Waals surface area contributed by atoms with Gasteiger partial charge in [0.25, 0.3) is 0 Å². The third-order valence-electron chi connectivity index (χ3n) is 2.47. The van der Waals surface area contributed by atoms with Gasteiger partial charge in [0.2, 0.25) is 0 Å². The van der Waals surface area contributed by atoms with Crippen LogP contribution in [0.1, 0.15) is 46.6 Å². The summed E-state index contributed by atoms with van der Waals surface area (Å²) in [7, 11) is 0. The third kappa shape index (κ3) is 6.81. The predicted molar refractivity (Wildman–Crippen MR) is 88.6 cm³/mol. The van der Waals surface area contributed by atoms with Crippen molar-refractivity contribution in [2.24, 2.45) is 0 Å². The molecule has 2 aromatic carbocycles. The Bertz CT molecular complexity index is 398. The third-order valence-corrected chi connectivity index (χ3v) is 2.47. The fourth-order valence-electron chi connectivity index (χ4n) is 1.56. The van der Waals surface area contributed by atoms with Crippen LogP contribution in [-0.4, -0.2) is 0 Å². The normalized spacial score (nSPS) is 8.68. The number of rotatable bonds is 2. The Morgan fingerprint density at radius 2 is 1.05 bits per heavy atom. The van der Waals surface area contributed by atoms with Crippen molar-refractivity contribution in [2.45, 2.75) is 47.5 Å². The highest BCUT2D eigenvalue weighted by Gasteiger charge is 1.95. The summed E-state index contributed by atoms with van der Waals surface area (Å²) in [5, 5.41) is 0. The molecule has 0 bridgehead atoms. The Labute approximate surface area is 119 Å². The molecule has 0 saturated heterocycles. The van der Waals surface area contributed by atoms with Crippen LogP contribution in [0.4, 0.5) is 0 Å². The molecule has 0 heterocycles. The monoisotopic (exact) mass is 256 g/mol. The molecule has 0 fully saturated rings. The van der Waals surface area contributed by atoms with Crippen molar-refractivity contribution in [3.63, 3.8) is 0 Å². The van der Waals surface area contributed by atoms with Gasteiger partial charge in [-0.25, -0.2) is 0 Å². The molecule has 0 nitrogen and oxygen atoms in total. The van der Waals surface area contributed by atoms with Crippen LogP contribution in [0, 0.1) is 0 Å². The molecule has 0 saturated carbocycles. The van der Waals surface area contributed by atoms with E-state index >= 15 is 0 Å². The molecule has 0 unspecified atom stereocenters. The van der Waals surface area contributed by atoms with E-state index in [-0.39, 0.29) is 0 Å². The number of hydrogen-bond donors (Lipinski definition) is 0. The molecule has 0 atom stereocenters. The molecule has 0 heteroatoms. The Hall–Kier alpha value is -1.56. The van der Waals surface area contributed by atoms with Gasteiger partial charge in [-0.2, -0.15) is 0 Å². The highest BCUT2D eigenvalue weighted by Crippen LogP contribution is 2.19. The summed E-state index contributed by atoms with van der Waals surface area (Å²) in [6, 6.07) is 19.2. The highest BCUT2D eigenvalue weighted by molar-refractivity contribution is 5.63. The first kappa shape index (κ1) is 17.4. The van der Waals surface area contributed by atoms with E-state index in [1.165, 1.54) is 23.1 Å². The van der Waals surface area contributed by atoms with E-state index in [1.54, 1.807) is 0 Å². The SMILES string of the molecule is CC.CCC.CCc1ccc(-c2ccccc2)cc1. The summed E-state index contributed by atoms with van der Waals surface area (Å²) in [5.74, 6) is 0. The summed E-state index contributed by atoms with van der Waals surface area (Å²) in [6.07, 6.45) is 2.36. The smallest absolute Gasteiger partial charge is 0.0184 e. The highest BCUT2D eigenvalue weighted by atomic mass is 14.0. The molecule has 2 rings (SSSR count). The maximum absolute atomic E-state index is 2.20. The van der Waals surface area contributed by atoms with E-state index in [0.29, 0.717) is 0 Å². The summed E-state index contributed by atoms with van der Waals surface area (Å²) in [6.45, 7) is 10.4. The molecular weight excluding hydrogens is 228 g/mol. The average molecular weight is 256 g/mol. The van der Waals surface area contributed by atoms with Gasteiger partial charge in [0, 0.05) is 0 Å². The lowest BCUT2D eigenvalue weighted by Crippen LogP contribution is -1.80. The zero-order chi connectivity index (χ0) is 14.5. The number of benzene rings is 2. The van der Waals surface area contributed by atoms with E-state index in [1.807, 2.05) is 19.9 Å². The summed E-state index contributed by atoms with van der Waals surface area (Å²) < 4.78 is 0. The van der Waals surface area contributed by atoms with Crippen molar-refractivity contribution in [1.29, 1.82) is 0 Å².